The minimum atomic E-state index is 0.464. The number of anilines is 3. The van der Waals surface area contributed by atoms with E-state index in [-0.39, 0.29) is 0 Å². The standard InChI is InChI=1S/C50H71N5/c1-7-15-47(16-8-2)55-39(5)48-21-12-22-49(50(48)40(55)6)52-32-13-17-37(3)23-26-46-31-34-54(46)45-29-27-44(28-30-45)53-33-14-20-42(36-53)35-43(38(4)51)25-24-41-18-10-9-11-19-41/h9-12,18-19,21-23,25,27-30,39-40,42,46-47,51-52H,7-8,13-17,20,24,26,31-36H2,1-6H3/b37-23+,43-25-,51-38?. The van der Waals surface area contributed by atoms with E-state index in [1.165, 1.54) is 89.8 Å². The maximum atomic E-state index is 8.45. The van der Waals surface area contributed by atoms with Crippen LogP contribution in [0.2, 0.25) is 0 Å². The SMILES string of the molecule is CCCC(CCC)N1C(C)c2cccc(NCCC/C(C)=C/CC3CCN3c3ccc(N4CCCC(C/C(=C/Cc5ccccc5)C(C)=N)C4)cc3)c2C1C. The zero-order valence-electron chi connectivity index (χ0n) is 35.1. The van der Waals surface area contributed by atoms with Gasteiger partial charge < -0.3 is 20.5 Å². The number of rotatable bonds is 19. The smallest absolute Gasteiger partial charge is 0.0392 e. The van der Waals surface area contributed by atoms with Crippen LogP contribution in [0.25, 0.3) is 0 Å². The molecule has 3 heterocycles. The van der Waals surface area contributed by atoms with Crippen molar-refractivity contribution in [3.05, 3.63) is 113 Å². The molecule has 2 fully saturated rings. The maximum absolute atomic E-state index is 8.45. The normalized spacial score (nSPS) is 21.9. The third-order valence-electron chi connectivity index (χ3n) is 13.0. The molecule has 0 saturated carbocycles. The number of hydrogen-bond donors (Lipinski definition) is 2. The lowest BCUT2D eigenvalue weighted by Gasteiger charge is -2.43. The fourth-order valence-corrected chi connectivity index (χ4v) is 9.89. The molecule has 5 nitrogen and oxygen atoms in total. The third-order valence-corrected chi connectivity index (χ3v) is 13.0. The Labute approximate surface area is 334 Å². The highest BCUT2D eigenvalue weighted by molar-refractivity contribution is 5.95. The molecular weight excluding hydrogens is 671 g/mol. The van der Waals surface area contributed by atoms with Crippen LogP contribution < -0.4 is 15.1 Å². The quantitative estimate of drug-likeness (QED) is 0.0729. The van der Waals surface area contributed by atoms with Crippen molar-refractivity contribution in [2.24, 2.45) is 5.92 Å². The number of benzene rings is 3. The molecule has 4 unspecified atom stereocenters. The summed E-state index contributed by atoms with van der Waals surface area (Å²) in [5, 5.41) is 12.3. The first-order chi connectivity index (χ1) is 26.8. The Morgan fingerprint density at radius 2 is 1.60 bits per heavy atom. The van der Waals surface area contributed by atoms with Gasteiger partial charge in [0.15, 0.2) is 0 Å². The van der Waals surface area contributed by atoms with E-state index < -0.39 is 0 Å². The minimum Gasteiger partial charge on any atom is -0.385 e. The highest BCUT2D eigenvalue weighted by atomic mass is 15.2. The molecule has 6 rings (SSSR count). The fourth-order valence-electron chi connectivity index (χ4n) is 9.89. The monoisotopic (exact) mass is 742 g/mol. The van der Waals surface area contributed by atoms with Gasteiger partial charge in [0, 0.05) is 73.1 Å². The summed E-state index contributed by atoms with van der Waals surface area (Å²) in [6, 6.07) is 29.2. The zero-order chi connectivity index (χ0) is 38.7. The summed E-state index contributed by atoms with van der Waals surface area (Å²) in [4.78, 5) is 8.00. The number of piperidine rings is 1. The molecule has 3 aliphatic heterocycles. The average molecular weight is 742 g/mol. The molecule has 3 aliphatic rings. The second kappa shape index (κ2) is 19.9. The second-order valence-electron chi connectivity index (χ2n) is 17.0. The number of nitrogens with one attached hydrogen (secondary N) is 2. The molecule has 0 bridgehead atoms. The number of fused-ring (bicyclic) bond motifs is 1. The Balaban J connectivity index is 0.955. The third kappa shape index (κ3) is 10.3. The van der Waals surface area contributed by atoms with E-state index in [0.29, 0.717) is 35.8 Å². The molecule has 3 aromatic rings. The summed E-state index contributed by atoms with van der Waals surface area (Å²) >= 11 is 0. The molecule has 3 aromatic carbocycles. The van der Waals surface area contributed by atoms with Crippen LogP contribution in [-0.4, -0.2) is 48.9 Å². The molecule has 4 atom stereocenters. The molecular formula is C50H71N5. The summed E-state index contributed by atoms with van der Waals surface area (Å²) in [7, 11) is 0. The van der Waals surface area contributed by atoms with Crippen LogP contribution in [0, 0.1) is 11.3 Å². The van der Waals surface area contributed by atoms with E-state index in [1.54, 1.807) is 0 Å². The molecule has 0 amide bonds. The van der Waals surface area contributed by atoms with E-state index in [9.17, 15) is 0 Å². The number of hydrogen-bond acceptors (Lipinski definition) is 5. The van der Waals surface area contributed by atoms with Gasteiger partial charge in [-0.2, -0.15) is 0 Å². The Kier molecular flexibility index (Phi) is 14.7. The van der Waals surface area contributed by atoms with Crippen molar-refractivity contribution in [2.45, 2.75) is 143 Å². The molecule has 296 valence electrons. The predicted octanol–water partition coefficient (Wildman–Crippen LogP) is 12.7. The molecule has 2 saturated heterocycles. The second-order valence-corrected chi connectivity index (χ2v) is 17.0. The first-order valence-electron chi connectivity index (χ1n) is 22.0. The van der Waals surface area contributed by atoms with Crippen molar-refractivity contribution in [1.29, 1.82) is 5.41 Å². The zero-order valence-corrected chi connectivity index (χ0v) is 35.1. The topological polar surface area (TPSA) is 45.6 Å². The van der Waals surface area contributed by atoms with Gasteiger partial charge in [0.2, 0.25) is 0 Å². The lowest BCUT2D eigenvalue weighted by atomic mass is 9.88. The summed E-state index contributed by atoms with van der Waals surface area (Å²) in [5.41, 5.74) is 11.9. The minimum absolute atomic E-state index is 0.464. The van der Waals surface area contributed by atoms with Crippen LogP contribution in [0.1, 0.15) is 141 Å². The average Bonchev–Trinajstić information content (AvgIpc) is 3.44. The maximum Gasteiger partial charge on any atom is 0.0392 e. The number of allylic oxidation sites excluding steroid dienone is 3. The predicted molar refractivity (Wildman–Crippen MR) is 238 cm³/mol. The van der Waals surface area contributed by atoms with Crippen LogP contribution in [0.5, 0.6) is 0 Å². The lowest BCUT2D eigenvalue weighted by molar-refractivity contribution is 0.103. The molecule has 0 spiro atoms. The van der Waals surface area contributed by atoms with Crippen molar-refractivity contribution >= 4 is 22.8 Å². The highest BCUT2D eigenvalue weighted by Crippen LogP contribution is 2.47. The fraction of sp³-hybridized carbons (Fsp3) is 0.540. The summed E-state index contributed by atoms with van der Waals surface area (Å²) < 4.78 is 0. The van der Waals surface area contributed by atoms with Gasteiger partial charge >= 0.3 is 0 Å². The van der Waals surface area contributed by atoms with Gasteiger partial charge in [-0.25, -0.2) is 0 Å². The van der Waals surface area contributed by atoms with Crippen LogP contribution in [0.15, 0.2) is 96.1 Å². The van der Waals surface area contributed by atoms with Gasteiger partial charge in [-0.05, 0) is 150 Å². The van der Waals surface area contributed by atoms with Crippen LogP contribution in [-0.2, 0) is 6.42 Å². The van der Waals surface area contributed by atoms with E-state index in [4.69, 9.17) is 5.41 Å². The van der Waals surface area contributed by atoms with Crippen molar-refractivity contribution < 1.29 is 0 Å². The van der Waals surface area contributed by atoms with Gasteiger partial charge in [-0.3, -0.25) is 4.90 Å². The molecule has 0 aliphatic carbocycles. The van der Waals surface area contributed by atoms with Crippen LogP contribution in [0.3, 0.4) is 0 Å². The first-order valence-corrected chi connectivity index (χ1v) is 22.0. The lowest BCUT2D eigenvalue weighted by Crippen LogP contribution is -2.47. The number of nitrogens with zero attached hydrogens (tertiary/aromatic N) is 3. The van der Waals surface area contributed by atoms with Gasteiger partial charge in [0.05, 0.1) is 0 Å². The molecule has 0 aromatic heterocycles. The van der Waals surface area contributed by atoms with Crippen LogP contribution in [0.4, 0.5) is 17.1 Å². The summed E-state index contributed by atoms with van der Waals surface area (Å²) in [6.07, 6.45) is 19.0. The first kappa shape index (κ1) is 40.8. The van der Waals surface area contributed by atoms with Crippen molar-refractivity contribution in [3.63, 3.8) is 0 Å². The summed E-state index contributed by atoms with van der Waals surface area (Å²) in [6.45, 7) is 18.2. The summed E-state index contributed by atoms with van der Waals surface area (Å²) in [5.74, 6) is 0.590. The van der Waals surface area contributed by atoms with Crippen molar-refractivity contribution in [3.8, 4) is 0 Å². The Morgan fingerprint density at radius 3 is 2.29 bits per heavy atom. The van der Waals surface area contributed by atoms with Gasteiger partial charge in [-0.15, -0.1) is 0 Å². The Bertz CT molecular complexity index is 1720. The van der Waals surface area contributed by atoms with Crippen LogP contribution >= 0.6 is 0 Å². The largest absolute Gasteiger partial charge is 0.385 e. The van der Waals surface area contributed by atoms with Gasteiger partial charge in [0.25, 0.3) is 0 Å². The van der Waals surface area contributed by atoms with Crippen molar-refractivity contribution in [1.82, 2.24) is 4.90 Å². The molecule has 5 heteroatoms. The van der Waals surface area contributed by atoms with Gasteiger partial charge in [0.1, 0.15) is 0 Å². The highest BCUT2D eigenvalue weighted by Gasteiger charge is 2.38. The van der Waals surface area contributed by atoms with E-state index in [0.717, 1.165) is 58.3 Å². The van der Waals surface area contributed by atoms with E-state index >= 15 is 0 Å². The Hall–Kier alpha value is -3.83. The van der Waals surface area contributed by atoms with Crippen molar-refractivity contribution in [2.75, 3.05) is 41.3 Å². The van der Waals surface area contributed by atoms with Gasteiger partial charge in [-0.1, -0.05) is 86.9 Å². The molecule has 2 N–H and O–H groups in total. The Morgan fingerprint density at radius 1 is 0.855 bits per heavy atom. The van der Waals surface area contributed by atoms with E-state index in [1.807, 2.05) is 6.92 Å². The van der Waals surface area contributed by atoms with E-state index in [2.05, 4.69) is 140 Å². The molecule has 55 heavy (non-hydrogen) atoms. The molecule has 0 radical (unpaired) electrons.